The van der Waals surface area contributed by atoms with E-state index in [2.05, 4.69) is 10.2 Å². The third-order valence-corrected chi connectivity index (χ3v) is 4.76. The number of rotatable bonds is 2. The summed E-state index contributed by atoms with van der Waals surface area (Å²) in [6.45, 7) is 5.41. The van der Waals surface area contributed by atoms with Gasteiger partial charge in [-0.05, 0) is 55.6 Å². The van der Waals surface area contributed by atoms with Crippen molar-refractivity contribution >= 4 is 11.0 Å². The van der Waals surface area contributed by atoms with E-state index in [0.29, 0.717) is 5.41 Å². The van der Waals surface area contributed by atoms with Gasteiger partial charge in [0.15, 0.2) is 0 Å². The van der Waals surface area contributed by atoms with Gasteiger partial charge in [0.2, 0.25) is 0 Å². The quantitative estimate of drug-likeness (QED) is 0.913. The molecule has 0 amide bonds. The van der Waals surface area contributed by atoms with Crippen LogP contribution in [0.2, 0.25) is 0 Å². The van der Waals surface area contributed by atoms with Crippen molar-refractivity contribution in [2.75, 3.05) is 26.2 Å². The molecule has 2 aromatic rings. The normalized spacial score (nSPS) is 27.1. The molecule has 2 aliphatic rings. The minimum atomic E-state index is -0.206. The Labute approximate surface area is 117 Å². The van der Waals surface area contributed by atoms with Crippen LogP contribution in [0.3, 0.4) is 0 Å². The molecule has 106 valence electrons. The zero-order chi connectivity index (χ0) is 13.6. The first-order valence-corrected chi connectivity index (χ1v) is 7.34. The zero-order valence-electron chi connectivity index (χ0n) is 11.5. The maximum atomic E-state index is 13.2. The molecule has 1 spiro atoms. The highest BCUT2D eigenvalue weighted by Gasteiger charge is 2.40. The summed E-state index contributed by atoms with van der Waals surface area (Å²) in [7, 11) is 0. The predicted molar refractivity (Wildman–Crippen MR) is 76.0 cm³/mol. The number of hydrogen-bond donors (Lipinski definition) is 1. The van der Waals surface area contributed by atoms with Gasteiger partial charge in [-0.1, -0.05) is 0 Å². The van der Waals surface area contributed by atoms with Crippen molar-refractivity contribution in [3.8, 4) is 0 Å². The summed E-state index contributed by atoms with van der Waals surface area (Å²) in [6.07, 6.45) is 2.56. The standard InChI is InChI=1S/C16H19FN2O/c17-13-1-2-15-12(7-13)8-14(20-15)9-19-6-4-16(11-19)3-5-18-10-16/h1-2,7-8,18H,3-6,9-11H2. The van der Waals surface area contributed by atoms with Crippen LogP contribution in [0.1, 0.15) is 18.6 Å². The lowest BCUT2D eigenvalue weighted by molar-refractivity contribution is 0.253. The van der Waals surface area contributed by atoms with Gasteiger partial charge in [-0.3, -0.25) is 4.90 Å². The van der Waals surface area contributed by atoms with E-state index in [1.807, 2.05) is 6.07 Å². The molecule has 0 bridgehead atoms. The smallest absolute Gasteiger partial charge is 0.134 e. The van der Waals surface area contributed by atoms with Crippen LogP contribution >= 0.6 is 0 Å². The van der Waals surface area contributed by atoms with Gasteiger partial charge in [-0.25, -0.2) is 4.39 Å². The van der Waals surface area contributed by atoms with Gasteiger partial charge in [0.05, 0.1) is 6.54 Å². The molecule has 3 nitrogen and oxygen atoms in total. The average Bonchev–Trinajstić information content (AvgIpc) is 3.12. The highest BCUT2D eigenvalue weighted by molar-refractivity contribution is 5.77. The van der Waals surface area contributed by atoms with Crippen LogP contribution in [-0.2, 0) is 6.54 Å². The van der Waals surface area contributed by atoms with E-state index in [9.17, 15) is 4.39 Å². The summed E-state index contributed by atoms with van der Waals surface area (Å²) < 4.78 is 19.0. The second-order valence-corrected chi connectivity index (χ2v) is 6.28. The molecule has 0 radical (unpaired) electrons. The number of benzene rings is 1. The van der Waals surface area contributed by atoms with Crippen LogP contribution in [0, 0.1) is 11.2 Å². The molecule has 1 aromatic carbocycles. The first kappa shape index (κ1) is 12.4. The van der Waals surface area contributed by atoms with Crippen LogP contribution in [-0.4, -0.2) is 31.1 Å². The molecule has 1 N–H and O–H groups in total. The van der Waals surface area contributed by atoms with E-state index in [-0.39, 0.29) is 5.82 Å². The highest BCUT2D eigenvalue weighted by atomic mass is 19.1. The molecular formula is C16H19FN2O. The molecule has 4 heteroatoms. The molecule has 1 aromatic heterocycles. The first-order valence-electron chi connectivity index (χ1n) is 7.34. The minimum absolute atomic E-state index is 0.206. The molecule has 0 saturated carbocycles. The summed E-state index contributed by atoms with van der Waals surface area (Å²) in [4.78, 5) is 2.46. The Morgan fingerprint density at radius 2 is 2.25 bits per heavy atom. The van der Waals surface area contributed by atoms with Gasteiger partial charge in [0, 0.05) is 18.5 Å². The Balaban J connectivity index is 1.50. The number of furan rings is 1. The third-order valence-electron chi connectivity index (χ3n) is 4.76. The van der Waals surface area contributed by atoms with Crippen LogP contribution in [0.5, 0.6) is 0 Å². The lowest BCUT2D eigenvalue weighted by Crippen LogP contribution is -2.28. The lowest BCUT2D eigenvalue weighted by Gasteiger charge is -2.22. The molecule has 3 heterocycles. The molecule has 20 heavy (non-hydrogen) atoms. The van der Waals surface area contributed by atoms with Crippen LogP contribution in [0.4, 0.5) is 4.39 Å². The highest BCUT2D eigenvalue weighted by Crippen LogP contribution is 2.36. The van der Waals surface area contributed by atoms with E-state index in [4.69, 9.17) is 4.42 Å². The van der Waals surface area contributed by atoms with E-state index in [1.165, 1.54) is 25.0 Å². The summed E-state index contributed by atoms with van der Waals surface area (Å²) >= 11 is 0. The van der Waals surface area contributed by atoms with Crippen molar-refractivity contribution < 1.29 is 8.81 Å². The molecule has 2 saturated heterocycles. The van der Waals surface area contributed by atoms with Crippen molar-refractivity contribution in [1.29, 1.82) is 0 Å². The number of fused-ring (bicyclic) bond motifs is 1. The molecule has 1 unspecified atom stereocenters. The number of halogens is 1. The van der Waals surface area contributed by atoms with Crippen LogP contribution in [0.15, 0.2) is 28.7 Å². The van der Waals surface area contributed by atoms with E-state index < -0.39 is 0 Å². The summed E-state index contributed by atoms with van der Waals surface area (Å²) in [6, 6.07) is 6.66. The Morgan fingerprint density at radius 1 is 1.30 bits per heavy atom. The van der Waals surface area contributed by atoms with Crippen LogP contribution < -0.4 is 5.32 Å². The molecule has 4 rings (SSSR count). The van der Waals surface area contributed by atoms with E-state index in [0.717, 1.165) is 49.5 Å². The fourth-order valence-electron chi connectivity index (χ4n) is 3.67. The first-order chi connectivity index (χ1) is 9.72. The fraction of sp³-hybridized carbons (Fsp3) is 0.500. The van der Waals surface area contributed by atoms with Gasteiger partial charge in [-0.2, -0.15) is 0 Å². The number of nitrogens with zero attached hydrogens (tertiary/aromatic N) is 1. The second kappa shape index (κ2) is 4.57. The maximum absolute atomic E-state index is 13.2. The number of likely N-dealkylation sites (tertiary alicyclic amines) is 1. The van der Waals surface area contributed by atoms with Crippen molar-refractivity contribution in [1.82, 2.24) is 10.2 Å². The monoisotopic (exact) mass is 274 g/mol. The minimum Gasteiger partial charge on any atom is -0.460 e. The van der Waals surface area contributed by atoms with E-state index in [1.54, 1.807) is 6.07 Å². The Hall–Kier alpha value is -1.39. The topological polar surface area (TPSA) is 28.4 Å². The number of nitrogens with one attached hydrogen (secondary N) is 1. The van der Waals surface area contributed by atoms with Crippen molar-refractivity contribution in [3.63, 3.8) is 0 Å². The van der Waals surface area contributed by atoms with Gasteiger partial charge in [-0.15, -0.1) is 0 Å². The number of hydrogen-bond acceptors (Lipinski definition) is 3. The van der Waals surface area contributed by atoms with Gasteiger partial charge >= 0.3 is 0 Å². The molecular weight excluding hydrogens is 255 g/mol. The second-order valence-electron chi connectivity index (χ2n) is 6.28. The Kier molecular flexibility index (Phi) is 2.82. The summed E-state index contributed by atoms with van der Waals surface area (Å²) in [5, 5.41) is 4.33. The van der Waals surface area contributed by atoms with E-state index >= 15 is 0 Å². The summed E-state index contributed by atoms with van der Waals surface area (Å²) in [5.41, 5.74) is 1.26. The third kappa shape index (κ3) is 2.13. The van der Waals surface area contributed by atoms with Crippen molar-refractivity contribution in [2.24, 2.45) is 5.41 Å². The zero-order valence-corrected chi connectivity index (χ0v) is 11.5. The largest absolute Gasteiger partial charge is 0.460 e. The molecule has 0 aliphatic carbocycles. The van der Waals surface area contributed by atoms with Crippen molar-refractivity contribution in [3.05, 3.63) is 35.8 Å². The average molecular weight is 274 g/mol. The van der Waals surface area contributed by atoms with Gasteiger partial charge in [0.1, 0.15) is 17.2 Å². The predicted octanol–water partition coefficient (Wildman–Crippen LogP) is 2.76. The molecule has 1 atom stereocenters. The van der Waals surface area contributed by atoms with Crippen molar-refractivity contribution in [2.45, 2.75) is 19.4 Å². The van der Waals surface area contributed by atoms with Gasteiger partial charge < -0.3 is 9.73 Å². The maximum Gasteiger partial charge on any atom is 0.134 e. The van der Waals surface area contributed by atoms with Gasteiger partial charge in [0.25, 0.3) is 0 Å². The lowest BCUT2D eigenvalue weighted by atomic mass is 9.87. The summed E-state index contributed by atoms with van der Waals surface area (Å²) in [5.74, 6) is 0.732. The SMILES string of the molecule is Fc1ccc2oc(CN3CCC4(CCNC4)C3)cc2c1. The Bertz CT molecular complexity index is 630. The molecule has 2 fully saturated rings. The fourth-order valence-corrected chi connectivity index (χ4v) is 3.67. The Morgan fingerprint density at radius 3 is 3.10 bits per heavy atom. The molecule has 2 aliphatic heterocycles. The van der Waals surface area contributed by atoms with Crippen LogP contribution in [0.25, 0.3) is 11.0 Å².